The molecule has 3 atom stereocenters. The highest BCUT2D eigenvalue weighted by atomic mass is 19.1. The van der Waals surface area contributed by atoms with Crippen molar-refractivity contribution in [3.05, 3.63) is 35.6 Å². The van der Waals surface area contributed by atoms with Gasteiger partial charge in [-0.25, -0.2) is 4.39 Å². The van der Waals surface area contributed by atoms with Crippen molar-refractivity contribution in [3.63, 3.8) is 0 Å². The van der Waals surface area contributed by atoms with Crippen molar-refractivity contribution in [2.24, 2.45) is 11.8 Å². The van der Waals surface area contributed by atoms with E-state index in [4.69, 9.17) is 4.74 Å². The summed E-state index contributed by atoms with van der Waals surface area (Å²) in [5.74, 6) is 0.204. The van der Waals surface area contributed by atoms with E-state index < -0.39 is 5.60 Å². The summed E-state index contributed by atoms with van der Waals surface area (Å²) in [5, 5.41) is 11.0. The molecule has 3 heteroatoms. The molecule has 0 unspecified atom stereocenters. The molecule has 2 aliphatic rings. The maximum absolute atomic E-state index is 12.9. The zero-order valence-electron chi connectivity index (χ0n) is 11.1. The van der Waals surface area contributed by atoms with E-state index in [1.54, 1.807) is 0 Å². The fourth-order valence-electron chi connectivity index (χ4n) is 3.66. The van der Waals surface area contributed by atoms with Crippen LogP contribution in [-0.2, 0) is 11.2 Å². The number of hydrogen-bond acceptors (Lipinski definition) is 2. The van der Waals surface area contributed by atoms with Gasteiger partial charge < -0.3 is 9.84 Å². The number of aliphatic hydroxyl groups is 1. The van der Waals surface area contributed by atoms with Gasteiger partial charge in [-0.1, -0.05) is 25.0 Å². The van der Waals surface area contributed by atoms with Crippen LogP contribution < -0.4 is 0 Å². The summed E-state index contributed by atoms with van der Waals surface area (Å²) < 4.78 is 18.6. The first-order valence-electron chi connectivity index (χ1n) is 7.23. The second kappa shape index (κ2) is 5.22. The first-order valence-corrected chi connectivity index (χ1v) is 7.23. The average molecular weight is 264 g/mol. The molecule has 1 heterocycles. The standard InChI is InChI=1S/C16H21FO2/c17-15-6-4-12(5-7-15)9-14-11-19-10-13-3-1-2-8-16(13,14)18/h4-7,13-14,18H,1-3,8-11H2/t13-,14+,16+/m1/s1. The first-order chi connectivity index (χ1) is 9.18. The van der Waals surface area contributed by atoms with Crippen molar-refractivity contribution in [2.75, 3.05) is 13.2 Å². The van der Waals surface area contributed by atoms with Gasteiger partial charge in [-0.2, -0.15) is 0 Å². The lowest BCUT2D eigenvalue weighted by Crippen LogP contribution is -2.54. The lowest BCUT2D eigenvalue weighted by Gasteiger charge is -2.48. The Labute approximate surface area is 113 Å². The van der Waals surface area contributed by atoms with Crippen molar-refractivity contribution in [3.8, 4) is 0 Å². The number of fused-ring (bicyclic) bond motifs is 1. The Kier molecular flexibility index (Phi) is 3.59. The molecule has 0 amide bonds. The number of rotatable bonds is 2. The Morgan fingerprint density at radius 3 is 2.79 bits per heavy atom. The van der Waals surface area contributed by atoms with Crippen LogP contribution in [0.5, 0.6) is 0 Å². The highest BCUT2D eigenvalue weighted by Crippen LogP contribution is 2.43. The lowest BCUT2D eigenvalue weighted by molar-refractivity contribution is -0.172. The molecule has 1 saturated heterocycles. The van der Waals surface area contributed by atoms with E-state index in [1.807, 2.05) is 12.1 Å². The molecular weight excluding hydrogens is 243 g/mol. The van der Waals surface area contributed by atoms with Crippen LogP contribution in [0, 0.1) is 17.7 Å². The zero-order chi connectivity index (χ0) is 13.3. The third-order valence-corrected chi connectivity index (χ3v) is 4.83. The molecule has 1 aliphatic carbocycles. The van der Waals surface area contributed by atoms with Gasteiger partial charge in [0.15, 0.2) is 0 Å². The molecule has 1 saturated carbocycles. The van der Waals surface area contributed by atoms with E-state index in [9.17, 15) is 9.50 Å². The zero-order valence-corrected chi connectivity index (χ0v) is 11.1. The van der Waals surface area contributed by atoms with Crippen LogP contribution in [0.15, 0.2) is 24.3 Å². The quantitative estimate of drug-likeness (QED) is 0.890. The van der Waals surface area contributed by atoms with E-state index in [1.165, 1.54) is 18.6 Å². The van der Waals surface area contributed by atoms with Gasteiger partial charge in [-0.05, 0) is 37.0 Å². The van der Waals surface area contributed by atoms with Gasteiger partial charge in [-0.15, -0.1) is 0 Å². The summed E-state index contributed by atoms with van der Waals surface area (Å²) in [6.07, 6.45) is 5.02. The smallest absolute Gasteiger partial charge is 0.123 e. The molecule has 2 fully saturated rings. The Morgan fingerprint density at radius 2 is 2.00 bits per heavy atom. The van der Waals surface area contributed by atoms with Gasteiger partial charge >= 0.3 is 0 Å². The number of halogens is 1. The fraction of sp³-hybridized carbons (Fsp3) is 0.625. The van der Waals surface area contributed by atoms with Gasteiger partial charge in [0.05, 0.1) is 18.8 Å². The van der Waals surface area contributed by atoms with Crippen molar-refractivity contribution in [1.29, 1.82) is 0 Å². The summed E-state index contributed by atoms with van der Waals surface area (Å²) in [7, 11) is 0. The molecule has 0 radical (unpaired) electrons. The Hall–Kier alpha value is -0.930. The Morgan fingerprint density at radius 1 is 1.21 bits per heavy atom. The third kappa shape index (κ3) is 2.54. The Bertz CT molecular complexity index is 429. The SMILES string of the molecule is O[C@@]12CCCC[C@@H]1COC[C@@H]2Cc1ccc(F)cc1. The van der Waals surface area contributed by atoms with Gasteiger partial charge in [0.1, 0.15) is 5.82 Å². The van der Waals surface area contributed by atoms with Gasteiger partial charge in [0, 0.05) is 11.8 Å². The molecule has 1 aromatic carbocycles. The predicted molar refractivity (Wildman–Crippen MR) is 71.3 cm³/mol. The summed E-state index contributed by atoms with van der Waals surface area (Å²) in [6.45, 7) is 1.31. The predicted octanol–water partition coefficient (Wildman–Crippen LogP) is 2.94. The van der Waals surface area contributed by atoms with Crippen molar-refractivity contribution >= 4 is 0 Å². The summed E-state index contributed by atoms with van der Waals surface area (Å²) in [6, 6.07) is 6.60. The van der Waals surface area contributed by atoms with Crippen LogP contribution >= 0.6 is 0 Å². The molecule has 0 spiro atoms. The van der Waals surface area contributed by atoms with E-state index >= 15 is 0 Å². The number of benzene rings is 1. The maximum Gasteiger partial charge on any atom is 0.123 e. The average Bonchev–Trinajstić information content (AvgIpc) is 2.42. The molecule has 2 nitrogen and oxygen atoms in total. The van der Waals surface area contributed by atoms with Crippen LogP contribution in [0.2, 0.25) is 0 Å². The summed E-state index contributed by atoms with van der Waals surface area (Å²) >= 11 is 0. The second-order valence-corrected chi connectivity index (χ2v) is 6.00. The number of hydrogen-bond donors (Lipinski definition) is 1. The van der Waals surface area contributed by atoms with E-state index in [0.29, 0.717) is 13.2 Å². The van der Waals surface area contributed by atoms with Gasteiger partial charge in [0.2, 0.25) is 0 Å². The molecule has 1 aliphatic heterocycles. The molecule has 104 valence electrons. The molecule has 0 aromatic heterocycles. The highest BCUT2D eigenvalue weighted by molar-refractivity contribution is 5.18. The Balaban J connectivity index is 1.77. The van der Waals surface area contributed by atoms with Crippen molar-refractivity contribution < 1.29 is 14.2 Å². The minimum atomic E-state index is -0.578. The largest absolute Gasteiger partial charge is 0.389 e. The van der Waals surface area contributed by atoms with Crippen molar-refractivity contribution in [2.45, 2.75) is 37.7 Å². The molecular formula is C16H21FO2. The third-order valence-electron chi connectivity index (χ3n) is 4.83. The molecule has 1 N–H and O–H groups in total. The molecule has 19 heavy (non-hydrogen) atoms. The van der Waals surface area contributed by atoms with E-state index in [-0.39, 0.29) is 17.7 Å². The molecule has 1 aromatic rings. The number of ether oxygens (including phenoxy) is 1. The van der Waals surface area contributed by atoms with E-state index in [2.05, 4.69) is 0 Å². The minimum absolute atomic E-state index is 0.136. The topological polar surface area (TPSA) is 29.5 Å². The monoisotopic (exact) mass is 264 g/mol. The van der Waals surface area contributed by atoms with Crippen LogP contribution in [0.1, 0.15) is 31.2 Å². The summed E-state index contributed by atoms with van der Waals surface area (Å²) in [4.78, 5) is 0. The molecule has 3 rings (SSSR count). The van der Waals surface area contributed by atoms with Crippen LogP contribution in [-0.4, -0.2) is 23.9 Å². The van der Waals surface area contributed by atoms with Crippen LogP contribution in [0.3, 0.4) is 0 Å². The lowest BCUT2D eigenvalue weighted by atomic mass is 9.66. The highest BCUT2D eigenvalue weighted by Gasteiger charge is 2.47. The minimum Gasteiger partial charge on any atom is -0.389 e. The van der Waals surface area contributed by atoms with Crippen LogP contribution in [0.4, 0.5) is 4.39 Å². The molecule has 0 bridgehead atoms. The van der Waals surface area contributed by atoms with Gasteiger partial charge in [-0.3, -0.25) is 0 Å². The van der Waals surface area contributed by atoms with Crippen molar-refractivity contribution in [1.82, 2.24) is 0 Å². The fourth-order valence-corrected chi connectivity index (χ4v) is 3.66. The first kappa shape index (κ1) is 13.1. The van der Waals surface area contributed by atoms with Gasteiger partial charge in [0.25, 0.3) is 0 Å². The normalized spacial score (nSPS) is 34.8. The summed E-state index contributed by atoms with van der Waals surface area (Å²) in [5.41, 5.74) is 0.500. The van der Waals surface area contributed by atoms with Crippen LogP contribution in [0.25, 0.3) is 0 Å². The second-order valence-electron chi connectivity index (χ2n) is 6.00. The van der Waals surface area contributed by atoms with E-state index in [0.717, 1.165) is 31.2 Å². The maximum atomic E-state index is 12.9.